The Morgan fingerprint density at radius 1 is 0.872 bits per heavy atom. The van der Waals surface area contributed by atoms with Crippen LogP contribution < -0.4 is 21.7 Å². The van der Waals surface area contributed by atoms with Crippen LogP contribution in [0.2, 0.25) is 0 Å². The summed E-state index contributed by atoms with van der Waals surface area (Å²) in [5, 5.41) is 26.1. The summed E-state index contributed by atoms with van der Waals surface area (Å²) in [5.74, 6) is -3.62. The fourth-order valence-corrected chi connectivity index (χ4v) is 3.47. The number of hydrogen-bond acceptors (Lipinski definition) is 7. The number of aliphatic carboxylic acids is 1. The number of nitrogens with two attached hydrogens (primary N) is 1. The molecule has 2 atom stereocenters. The summed E-state index contributed by atoms with van der Waals surface area (Å²) in [7, 11) is 1.34. The monoisotopic (exact) mass is 541 g/mol. The van der Waals surface area contributed by atoms with Gasteiger partial charge in [0.15, 0.2) is 0 Å². The number of carbonyl (C=O) groups excluding carboxylic acids is 4. The van der Waals surface area contributed by atoms with Crippen molar-refractivity contribution in [3.63, 3.8) is 0 Å². The van der Waals surface area contributed by atoms with E-state index < -0.39 is 60.3 Å². The van der Waals surface area contributed by atoms with E-state index in [-0.39, 0.29) is 18.6 Å². The second kappa shape index (κ2) is 13.9. The molecule has 0 spiro atoms. The predicted octanol–water partition coefficient (Wildman–Crippen LogP) is -0.456. The molecule has 0 bridgehead atoms. The Morgan fingerprint density at radius 2 is 1.44 bits per heavy atom. The molecular weight excluding hydrogens is 506 g/mol. The first kappa shape index (κ1) is 30.8. The van der Waals surface area contributed by atoms with Gasteiger partial charge >= 0.3 is 5.97 Å². The van der Waals surface area contributed by atoms with Gasteiger partial charge in [0.05, 0.1) is 19.1 Å². The lowest BCUT2D eigenvalue weighted by Crippen LogP contribution is -2.58. The van der Waals surface area contributed by atoms with Crippen LogP contribution in [0.4, 0.5) is 0 Å². The molecule has 4 amide bonds. The molecule has 7 N–H and O–H groups in total. The summed E-state index contributed by atoms with van der Waals surface area (Å²) in [5.41, 5.74) is 5.82. The molecule has 0 saturated heterocycles. The minimum Gasteiger partial charge on any atom is -0.508 e. The van der Waals surface area contributed by atoms with Gasteiger partial charge in [0, 0.05) is 13.5 Å². The SMILES string of the molecule is CN(C(=O)C(Cc1ccccc1)NC(=O)CNC(=O)CNC(=O)C(N)Cc1ccc(O)cc1)C(C)(C)C(=O)O. The fraction of sp³-hybridized carbons (Fsp3) is 0.370. The van der Waals surface area contributed by atoms with Crippen molar-refractivity contribution in [1.82, 2.24) is 20.9 Å². The highest BCUT2D eigenvalue weighted by Crippen LogP contribution is 2.16. The van der Waals surface area contributed by atoms with Gasteiger partial charge < -0.3 is 36.8 Å². The van der Waals surface area contributed by atoms with Crippen LogP contribution in [0.15, 0.2) is 54.6 Å². The number of amides is 4. The number of nitrogens with zero attached hydrogens (tertiary/aromatic N) is 1. The van der Waals surface area contributed by atoms with Crippen molar-refractivity contribution in [2.24, 2.45) is 5.73 Å². The Bertz CT molecular complexity index is 1170. The Morgan fingerprint density at radius 3 is 2.03 bits per heavy atom. The van der Waals surface area contributed by atoms with Crippen molar-refractivity contribution < 1.29 is 34.2 Å². The fourth-order valence-electron chi connectivity index (χ4n) is 3.47. The van der Waals surface area contributed by atoms with E-state index in [1.165, 1.54) is 33.0 Å². The molecule has 2 rings (SSSR count). The molecule has 0 aliphatic heterocycles. The van der Waals surface area contributed by atoms with Gasteiger partial charge in [0.1, 0.15) is 17.3 Å². The van der Waals surface area contributed by atoms with Crippen LogP contribution in [0.1, 0.15) is 25.0 Å². The van der Waals surface area contributed by atoms with Crippen molar-refractivity contribution in [1.29, 1.82) is 0 Å². The molecule has 0 radical (unpaired) electrons. The van der Waals surface area contributed by atoms with Crippen molar-refractivity contribution >= 4 is 29.6 Å². The molecule has 0 aliphatic rings. The summed E-state index contributed by atoms with van der Waals surface area (Å²) in [6, 6.07) is 13.1. The van der Waals surface area contributed by atoms with E-state index in [0.29, 0.717) is 0 Å². The van der Waals surface area contributed by atoms with Gasteiger partial charge in [0.2, 0.25) is 23.6 Å². The molecular formula is C27H35N5O7. The first-order chi connectivity index (χ1) is 18.3. The zero-order chi connectivity index (χ0) is 29.2. The zero-order valence-corrected chi connectivity index (χ0v) is 22.1. The summed E-state index contributed by atoms with van der Waals surface area (Å²) >= 11 is 0. The Hall–Kier alpha value is -4.45. The van der Waals surface area contributed by atoms with Crippen LogP contribution in [0.5, 0.6) is 5.75 Å². The quantitative estimate of drug-likeness (QED) is 0.196. The van der Waals surface area contributed by atoms with E-state index in [1.807, 2.05) is 0 Å². The largest absolute Gasteiger partial charge is 0.508 e. The highest BCUT2D eigenvalue weighted by Gasteiger charge is 2.38. The number of nitrogens with one attached hydrogen (secondary N) is 3. The maximum absolute atomic E-state index is 13.1. The molecule has 0 saturated carbocycles. The van der Waals surface area contributed by atoms with Gasteiger partial charge in [-0.2, -0.15) is 0 Å². The molecule has 39 heavy (non-hydrogen) atoms. The van der Waals surface area contributed by atoms with Crippen molar-refractivity contribution in [2.45, 2.75) is 44.3 Å². The number of aromatic hydroxyl groups is 1. The molecule has 2 aromatic rings. The van der Waals surface area contributed by atoms with E-state index in [2.05, 4.69) is 16.0 Å². The van der Waals surface area contributed by atoms with Gasteiger partial charge in [-0.15, -0.1) is 0 Å². The number of rotatable bonds is 13. The average Bonchev–Trinajstić information content (AvgIpc) is 2.90. The smallest absolute Gasteiger partial charge is 0.329 e. The number of carbonyl (C=O) groups is 5. The van der Waals surface area contributed by atoms with Crippen LogP contribution >= 0.6 is 0 Å². The molecule has 0 aromatic heterocycles. The molecule has 0 heterocycles. The zero-order valence-electron chi connectivity index (χ0n) is 22.1. The number of likely N-dealkylation sites (N-methyl/N-ethyl adjacent to an activating group) is 1. The number of phenolic OH excluding ortho intramolecular Hbond substituents is 1. The minimum atomic E-state index is -1.52. The van der Waals surface area contributed by atoms with Crippen molar-refractivity contribution in [3.8, 4) is 5.75 Å². The van der Waals surface area contributed by atoms with Gasteiger partial charge in [-0.05, 0) is 43.5 Å². The Kier molecular flexibility index (Phi) is 11.0. The number of hydrogen-bond donors (Lipinski definition) is 6. The number of carboxylic acids is 1. The summed E-state index contributed by atoms with van der Waals surface area (Å²) in [6.45, 7) is 1.86. The number of phenols is 1. The first-order valence-electron chi connectivity index (χ1n) is 12.2. The standard InChI is InChI=1S/C27H35N5O7/c1-27(2,26(38)39)32(3)25(37)21(14-17-7-5-4-6-8-17)31-23(35)16-29-22(34)15-30-24(36)20(28)13-18-9-11-19(33)12-10-18/h4-12,20-21,33H,13-16,28H2,1-3H3,(H,29,34)(H,30,36)(H,31,35)(H,38,39). The van der Waals surface area contributed by atoms with Crippen LogP contribution in [-0.4, -0.2) is 82.5 Å². The molecule has 12 heteroatoms. The molecule has 2 aromatic carbocycles. The average molecular weight is 542 g/mol. The van der Waals surface area contributed by atoms with E-state index in [4.69, 9.17) is 5.73 Å². The third-order valence-electron chi connectivity index (χ3n) is 6.21. The van der Waals surface area contributed by atoms with Crippen LogP contribution in [-0.2, 0) is 36.8 Å². The molecule has 12 nitrogen and oxygen atoms in total. The highest BCUT2D eigenvalue weighted by molar-refractivity contribution is 5.93. The lowest BCUT2D eigenvalue weighted by atomic mass is 9.99. The van der Waals surface area contributed by atoms with Crippen LogP contribution in [0.3, 0.4) is 0 Å². The van der Waals surface area contributed by atoms with Gasteiger partial charge in [0.25, 0.3) is 0 Å². The van der Waals surface area contributed by atoms with E-state index in [0.717, 1.165) is 16.0 Å². The maximum Gasteiger partial charge on any atom is 0.329 e. The van der Waals surface area contributed by atoms with Gasteiger partial charge in [-0.3, -0.25) is 19.2 Å². The van der Waals surface area contributed by atoms with Gasteiger partial charge in [-0.25, -0.2) is 4.79 Å². The third kappa shape index (κ3) is 9.42. The van der Waals surface area contributed by atoms with Crippen molar-refractivity contribution in [3.05, 3.63) is 65.7 Å². The minimum absolute atomic E-state index is 0.0874. The molecule has 0 fully saturated rings. The molecule has 0 aliphatic carbocycles. The van der Waals surface area contributed by atoms with Gasteiger partial charge in [-0.1, -0.05) is 42.5 Å². The normalized spacial score (nSPS) is 12.5. The second-order valence-electron chi connectivity index (χ2n) is 9.54. The summed E-state index contributed by atoms with van der Waals surface area (Å²) in [4.78, 5) is 62.8. The van der Waals surface area contributed by atoms with Crippen LogP contribution in [0.25, 0.3) is 0 Å². The number of benzene rings is 2. The Labute approximate surface area is 226 Å². The molecule has 210 valence electrons. The predicted molar refractivity (Wildman–Crippen MR) is 142 cm³/mol. The lowest BCUT2D eigenvalue weighted by molar-refractivity contribution is -0.156. The van der Waals surface area contributed by atoms with E-state index >= 15 is 0 Å². The summed E-state index contributed by atoms with van der Waals surface area (Å²) in [6.07, 6.45) is 0.300. The second-order valence-corrected chi connectivity index (χ2v) is 9.54. The lowest BCUT2D eigenvalue weighted by Gasteiger charge is -2.34. The third-order valence-corrected chi connectivity index (χ3v) is 6.21. The highest BCUT2D eigenvalue weighted by atomic mass is 16.4. The van der Waals surface area contributed by atoms with Crippen LogP contribution in [0, 0.1) is 0 Å². The van der Waals surface area contributed by atoms with E-state index in [1.54, 1.807) is 42.5 Å². The Balaban J connectivity index is 1.91. The topological polar surface area (TPSA) is 191 Å². The maximum atomic E-state index is 13.1. The summed E-state index contributed by atoms with van der Waals surface area (Å²) < 4.78 is 0. The first-order valence-corrected chi connectivity index (χ1v) is 12.2. The van der Waals surface area contributed by atoms with E-state index in [9.17, 15) is 34.2 Å². The number of carboxylic acid groups (broad SMARTS) is 1. The molecule has 2 unspecified atom stereocenters. The van der Waals surface area contributed by atoms with Crippen molar-refractivity contribution in [2.75, 3.05) is 20.1 Å².